The smallest absolute Gasteiger partial charge is 0.381 e. The van der Waals surface area contributed by atoms with Crippen LogP contribution in [0.2, 0.25) is 0 Å². The zero-order chi connectivity index (χ0) is 12.2. The van der Waals surface area contributed by atoms with Crippen LogP contribution in [0.4, 0.5) is 13.2 Å². The Morgan fingerprint density at radius 1 is 1.38 bits per heavy atom. The van der Waals surface area contributed by atoms with E-state index in [9.17, 15) is 13.2 Å². The van der Waals surface area contributed by atoms with Gasteiger partial charge in [-0.25, -0.2) is 0 Å². The monoisotopic (exact) mass is 239 g/mol. The minimum atomic E-state index is -4.02. The lowest BCUT2D eigenvalue weighted by Gasteiger charge is -2.36. The predicted octanol–water partition coefficient (Wildman–Crippen LogP) is 2.87. The third kappa shape index (κ3) is 5.16. The molecule has 0 heterocycles. The minimum Gasteiger partial charge on any atom is -0.381 e. The zero-order valence-electron chi connectivity index (χ0n) is 9.81. The van der Waals surface area contributed by atoms with Gasteiger partial charge in [-0.05, 0) is 32.6 Å². The summed E-state index contributed by atoms with van der Waals surface area (Å²) in [5, 5.41) is 3.32. The van der Waals surface area contributed by atoms with Crippen LogP contribution in [-0.2, 0) is 4.74 Å². The predicted molar refractivity (Wildman–Crippen MR) is 56.3 cm³/mol. The molecule has 1 aliphatic carbocycles. The first-order chi connectivity index (χ1) is 7.40. The van der Waals surface area contributed by atoms with Crippen molar-refractivity contribution < 1.29 is 17.9 Å². The van der Waals surface area contributed by atoms with Gasteiger partial charge >= 0.3 is 6.18 Å². The van der Waals surface area contributed by atoms with Crippen LogP contribution in [0.25, 0.3) is 0 Å². The lowest BCUT2D eigenvalue weighted by atomic mass is 9.88. The first-order valence-electron chi connectivity index (χ1n) is 5.76. The third-order valence-corrected chi connectivity index (χ3v) is 3.05. The Kier molecular flexibility index (Phi) is 5.05. The lowest BCUT2D eigenvalue weighted by molar-refractivity contribution is -0.135. The van der Waals surface area contributed by atoms with E-state index in [1.165, 1.54) is 0 Å². The number of hydrogen-bond acceptors (Lipinski definition) is 2. The number of alkyl halides is 3. The summed E-state index contributed by atoms with van der Waals surface area (Å²) in [6.45, 7) is 1.94. The molecular formula is C11H20F3NO. The highest BCUT2D eigenvalue weighted by molar-refractivity contribution is 4.87. The van der Waals surface area contributed by atoms with Crippen molar-refractivity contribution in [2.45, 2.75) is 63.4 Å². The average molecular weight is 239 g/mol. The van der Waals surface area contributed by atoms with E-state index in [4.69, 9.17) is 4.74 Å². The summed E-state index contributed by atoms with van der Waals surface area (Å²) < 4.78 is 40.9. The Labute approximate surface area is 94.5 Å². The molecule has 0 spiro atoms. The number of nitrogens with one attached hydrogen (secondary N) is 1. The third-order valence-electron chi connectivity index (χ3n) is 3.05. The lowest BCUT2D eigenvalue weighted by Crippen LogP contribution is -2.48. The number of rotatable bonds is 6. The number of methoxy groups -OCH3 is 1. The Morgan fingerprint density at radius 3 is 2.50 bits per heavy atom. The van der Waals surface area contributed by atoms with E-state index < -0.39 is 12.6 Å². The van der Waals surface area contributed by atoms with E-state index in [-0.39, 0.29) is 12.5 Å². The maximum atomic E-state index is 11.9. The molecule has 0 saturated heterocycles. The summed E-state index contributed by atoms with van der Waals surface area (Å²) in [6, 6.07) is 0.580. The quantitative estimate of drug-likeness (QED) is 0.769. The van der Waals surface area contributed by atoms with E-state index >= 15 is 0 Å². The van der Waals surface area contributed by atoms with Gasteiger partial charge in [0.05, 0.1) is 6.10 Å². The van der Waals surface area contributed by atoms with Crippen molar-refractivity contribution in [1.82, 2.24) is 5.32 Å². The summed E-state index contributed by atoms with van der Waals surface area (Å²) in [4.78, 5) is 0. The fourth-order valence-corrected chi connectivity index (χ4v) is 1.99. The van der Waals surface area contributed by atoms with Crippen molar-refractivity contribution >= 4 is 0 Å². The highest BCUT2D eigenvalue weighted by atomic mass is 19.4. The van der Waals surface area contributed by atoms with Gasteiger partial charge in [-0.15, -0.1) is 0 Å². The van der Waals surface area contributed by atoms with Gasteiger partial charge in [0.1, 0.15) is 0 Å². The number of ether oxygens (including phenoxy) is 1. The molecule has 0 radical (unpaired) electrons. The summed E-state index contributed by atoms with van der Waals surface area (Å²) in [6.07, 6.45) is -1.63. The first kappa shape index (κ1) is 13.8. The van der Waals surface area contributed by atoms with E-state index in [0.717, 1.165) is 12.8 Å². The summed E-state index contributed by atoms with van der Waals surface area (Å²) >= 11 is 0. The molecule has 16 heavy (non-hydrogen) atoms. The molecule has 0 aromatic heterocycles. The SMILES string of the molecule is COC1CC(NC(C)CCCC(F)(F)F)C1. The maximum Gasteiger partial charge on any atom is 0.389 e. The fourth-order valence-electron chi connectivity index (χ4n) is 1.99. The number of halogens is 3. The molecule has 1 atom stereocenters. The fraction of sp³-hybridized carbons (Fsp3) is 1.00. The van der Waals surface area contributed by atoms with Crippen molar-refractivity contribution in [3.63, 3.8) is 0 Å². The van der Waals surface area contributed by atoms with Crippen LogP contribution in [0, 0.1) is 0 Å². The van der Waals surface area contributed by atoms with Crippen LogP contribution < -0.4 is 5.32 Å². The summed E-state index contributed by atoms with van der Waals surface area (Å²) in [7, 11) is 1.69. The number of hydrogen-bond donors (Lipinski definition) is 1. The van der Waals surface area contributed by atoms with E-state index in [2.05, 4.69) is 5.32 Å². The first-order valence-corrected chi connectivity index (χ1v) is 5.76. The Bertz CT molecular complexity index is 202. The van der Waals surface area contributed by atoms with Gasteiger partial charge in [-0.2, -0.15) is 13.2 Å². The molecule has 96 valence electrons. The van der Waals surface area contributed by atoms with Gasteiger partial charge in [-0.1, -0.05) is 0 Å². The van der Waals surface area contributed by atoms with Crippen LogP contribution >= 0.6 is 0 Å². The van der Waals surface area contributed by atoms with Crippen molar-refractivity contribution in [2.24, 2.45) is 0 Å². The van der Waals surface area contributed by atoms with Gasteiger partial charge in [0.2, 0.25) is 0 Å². The van der Waals surface area contributed by atoms with Gasteiger partial charge in [0, 0.05) is 25.6 Å². The van der Waals surface area contributed by atoms with Crippen LogP contribution in [0.1, 0.15) is 39.0 Å². The average Bonchev–Trinajstić information content (AvgIpc) is 2.08. The van der Waals surface area contributed by atoms with Crippen molar-refractivity contribution in [1.29, 1.82) is 0 Å². The highest BCUT2D eigenvalue weighted by Crippen LogP contribution is 2.25. The van der Waals surface area contributed by atoms with E-state index in [1.807, 2.05) is 6.92 Å². The van der Waals surface area contributed by atoms with Crippen LogP contribution in [0.15, 0.2) is 0 Å². The Balaban J connectivity index is 2.02. The largest absolute Gasteiger partial charge is 0.389 e. The molecule has 1 rings (SSSR count). The molecule has 1 aliphatic rings. The van der Waals surface area contributed by atoms with Gasteiger partial charge < -0.3 is 10.1 Å². The molecule has 1 N–H and O–H groups in total. The molecule has 0 amide bonds. The second kappa shape index (κ2) is 5.87. The molecule has 0 bridgehead atoms. The second-order valence-electron chi connectivity index (χ2n) is 4.60. The van der Waals surface area contributed by atoms with Crippen molar-refractivity contribution in [3.05, 3.63) is 0 Å². The summed E-state index contributed by atoms with van der Waals surface area (Å²) in [5.41, 5.74) is 0. The van der Waals surface area contributed by atoms with Gasteiger partial charge in [0.15, 0.2) is 0 Å². The van der Waals surface area contributed by atoms with Crippen LogP contribution in [-0.4, -0.2) is 31.5 Å². The minimum absolute atomic E-state index is 0.158. The second-order valence-corrected chi connectivity index (χ2v) is 4.60. The Hall–Kier alpha value is -0.290. The van der Waals surface area contributed by atoms with Crippen molar-refractivity contribution in [3.8, 4) is 0 Å². The molecule has 1 unspecified atom stereocenters. The zero-order valence-corrected chi connectivity index (χ0v) is 9.81. The molecule has 1 fully saturated rings. The molecule has 0 aromatic carbocycles. The maximum absolute atomic E-state index is 11.9. The molecule has 2 nitrogen and oxygen atoms in total. The van der Waals surface area contributed by atoms with Crippen LogP contribution in [0.5, 0.6) is 0 Å². The molecule has 5 heteroatoms. The Morgan fingerprint density at radius 2 is 2.00 bits per heavy atom. The van der Waals surface area contributed by atoms with E-state index in [1.54, 1.807) is 7.11 Å². The molecular weight excluding hydrogens is 219 g/mol. The normalized spacial score (nSPS) is 27.6. The highest BCUT2D eigenvalue weighted by Gasteiger charge is 2.30. The van der Waals surface area contributed by atoms with Crippen LogP contribution in [0.3, 0.4) is 0 Å². The standard InChI is InChI=1S/C11H20F3NO/c1-8(4-3-5-11(12,13)14)15-9-6-10(7-9)16-2/h8-10,15H,3-7H2,1-2H3. The summed E-state index contributed by atoms with van der Waals surface area (Å²) in [5.74, 6) is 0. The topological polar surface area (TPSA) is 21.3 Å². The molecule has 0 aliphatic heterocycles. The van der Waals surface area contributed by atoms with E-state index in [0.29, 0.717) is 18.6 Å². The van der Waals surface area contributed by atoms with Gasteiger partial charge in [0.25, 0.3) is 0 Å². The molecule has 0 aromatic rings. The van der Waals surface area contributed by atoms with Crippen molar-refractivity contribution in [2.75, 3.05) is 7.11 Å². The van der Waals surface area contributed by atoms with Gasteiger partial charge in [-0.3, -0.25) is 0 Å². The molecule has 1 saturated carbocycles.